The van der Waals surface area contributed by atoms with Crippen LogP contribution in [0.1, 0.15) is 44.3 Å². The average molecular weight is 435 g/mol. The first kappa shape index (κ1) is 20.4. The van der Waals surface area contributed by atoms with Gasteiger partial charge in [0.2, 0.25) is 5.89 Å². The summed E-state index contributed by atoms with van der Waals surface area (Å²) in [5.74, 6) is 0.534. The molecule has 0 atom stereocenters. The standard InChI is InChI=1S/C22H26N8O2/c1-2-31-18-5-3-17(4-6-18)30-13-20(21(29-30)19-12-23-7-8-24-19)25-11-16-14-32-22(28-16)15-9-26-27-10-15/h7-10,12-14,17-18,25H,2-6,11H2,1H3,(H,26,27). The zero-order valence-electron chi connectivity index (χ0n) is 17.9. The first-order valence-corrected chi connectivity index (χ1v) is 10.9. The Balaban J connectivity index is 1.34. The van der Waals surface area contributed by atoms with Crippen LogP contribution < -0.4 is 5.32 Å². The molecular formula is C22H26N8O2. The second-order valence-corrected chi connectivity index (χ2v) is 7.83. The summed E-state index contributed by atoms with van der Waals surface area (Å²) < 4.78 is 13.4. The van der Waals surface area contributed by atoms with E-state index >= 15 is 0 Å². The minimum Gasteiger partial charge on any atom is -0.444 e. The van der Waals surface area contributed by atoms with E-state index in [2.05, 4.69) is 48.3 Å². The van der Waals surface area contributed by atoms with E-state index in [1.165, 1.54) is 0 Å². The molecule has 4 heterocycles. The molecule has 0 aliphatic heterocycles. The number of rotatable bonds is 8. The number of aromatic nitrogens is 7. The second kappa shape index (κ2) is 9.31. The Kier molecular flexibility index (Phi) is 5.93. The van der Waals surface area contributed by atoms with Crippen LogP contribution >= 0.6 is 0 Å². The van der Waals surface area contributed by atoms with Crippen LogP contribution in [0.3, 0.4) is 0 Å². The molecule has 0 spiro atoms. The lowest BCUT2D eigenvalue weighted by Crippen LogP contribution is -2.24. The molecular weight excluding hydrogens is 408 g/mol. The number of anilines is 1. The SMILES string of the molecule is CCOC1CCC(n2cc(NCc3coc(-c4cn[nH]c4)n3)c(-c3cnccn3)n2)CC1. The normalized spacial score (nSPS) is 18.7. The molecule has 1 aliphatic carbocycles. The van der Waals surface area contributed by atoms with Gasteiger partial charge in [0.15, 0.2) is 0 Å². The van der Waals surface area contributed by atoms with Gasteiger partial charge in [-0.3, -0.25) is 19.7 Å². The fourth-order valence-electron chi connectivity index (χ4n) is 4.11. The van der Waals surface area contributed by atoms with Crippen LogP contribution in [0, 0.1) is 0 Å². The van der Waals surface area contributed by atoms with E-state index in [0.717, 1.165) is 60.6 Å². The van der Waals surface area contributed by atoms with Crippen molar-refractivity contribution in [1.82, 2.24) is 34.9 Å². The first-order chi connectivity index (χ1) is 15.8. The van der Waals surface area contributed by atoms with E-state index in [9.17, 15) is 0 Å². The van der Waals surface area contributed by atoms with Gasteiger partial charge in [-0.1, -0.05) is 0 Å². The maximum absolute atomic E-state index is 5.80. The zero-order chi connectivity index (χ0) is 21.8. The molecule has 0 unspecified atom stereocenters. The van der Waals surface area contributed by atoms with Gasteiger partial charge in [-0.2, -0.15) is 10.2 Å². The largest absolute Gasteiger partial charge is 0.444 e. The quantitative estimate of drug-likeness (QED) is 0.429. The summed E-state index contributed by atoms with van der Waals surface area (Å²) in [5.41, 5.74) is 4.01. The van der Waals surface area contributed by atoms with Crippen LogP contribution in [-0.2, 0) is 11.3 Å². The number of H-pyrrole nitrogens is 1. The van der Waals surface area contributed by atoms with Crippen molar-refractivity contribution in [2.45, 2.75) is 51.3 Å². The summed E-state index contributed by atoms with van der Waals surface area (Å²) in [6.07, 6.45) is 16.8. The van der Waals surface area contributed by atoms with Gasteiger partial charge in [0, 0.05) is 31.4 Å². The molecule has 0 saturated heterocycles. The molecule has 4 aromatic rings. The molecule has 10 heteroatoms. The molecule has 2 N–H and O–H groups in total. The number of ether oxygens (including phenoxy) is 1. The summed E-state index contributed by atoms with van der Waals surface area (Å²) in [6.45, 7) is 3.32. The maximum Gasteiger partial charge on any atom is 0.229 e. The van der Waals surface area contributed by atoms with Gasteiger partial charge in [0.25, 0.3) is 0 Å². The highest BCUT2D eigenvalue weighted by Crippen LogP contribution is 2.33. The molecule has 166 valence electrons. The van der Waals surface area contributed by atoms with E-state index in [-0.39, 0.29) is 0 Å². The summed E-state index contributed by atoms with van der Waals surface area (Å²) >= 11 is 0. The van der Waals surface area contributed by atoms with Gasteiger partial charge in [-0.15, -0.1) is 0 Å². The van der Waals surface area contributed by atoms with Crippen molar-refractivity contribution in [2.75, 3.05) is 11.9 Å². The predicted molar refractivity (Wildman–Crippen MR) is 118 cm³/mol. The molecule has 0 radical (unpaired) electrons. The molecule has 1 saturated carbocycles. The summed E-state index contributed by atoms with van der Waals surface area (Å²) in [5, 5.41) is 15.0. The Labute approximate surface area is 185 Å². The number of hydrogen-bond donors (Lipinski definition) is 2. The van der Waals surface area contributed by atoms with Crippen LogP contribution in [0.4, 0.5) is 5.69 Å². The first-order valence-electron chi connectivity index (χ1n) is 10.9. The van der Waals surface area contributed by atoms with E-state index in [1.807, 2.05) is 0 Å². The minimum atomic E-state index is 0.345. The fraction of sp³-hybridized carbons (Fsp3) is 0.409. The third-order valence-electron chi connectivity index (χ3n) is 5.71. The minimum absolute atomic E-state index is 0.345. The number of nitrogens with one attached hydrogen (secondary N) is 2. The van der Waals surface area contributed by atoms with Crippen molar-refractivity contribution in [3.05, 3.63) is 49.1 Å². The van der Waals surface area contributed by atoms with Gasteiger partial charge >= 0.3 is 0 Å². The molecule has 1 aliphatic rings. The second-order valence-electron chi connectivity index (χ2n) is 7.83. The van der Waals surface area contributed by atoms with E-state index < -0.39 is 0 Å². The molecule has 32 heavy (non-hydrogen) atoms. The van der Waals surface area contributed by atoms with Crippen molar-refractivity contribution in [1.29, 1.82) is 0 Å². The number of oxazole rings is 1. The average Bonchev–Trinajstić information content (AvgIpc) is 3.60. The molecule has 0 amide bonds. The van der Waals surface area contributed by atoms with Crippen LogP contribution in [0.5, 0.6) is 0 Å². The molecule has 10 nitrogen and oxygen atoms in total. The van der Waals surface area contributed by atoms with Gasteiger partial charge in [-0.25, -0.2) is 4.98 Å². The van der Waals surface area contributed by atoms with Crippen molar-refractivity contribution in [3.8, 4) is 22.8 Å². The highest BCUT2D eigenvalue weighted by atomic mass is 16.5. The highest BCUT2D eigenvalue weighted by Gasteiger charge is 2.25. The van der Waals surface area contributed by atoms with Crippen molar-refractivity contribution >= 4 is 5.69 Å². The highest BCUT2D eigenvalue weighted by molar-refractivity contribution is 5.70. The summed E-state index contributed by atoms with van der Waals surface area (Å²) in [7, 11) is 0. The number of hydrogen-bond acceptors (Lipinski definition) is 8. The van der Waals surface area contributed by atoms with E-state index in [4.69, 9.17) is 14.3 Å². The van der Waals surface area contributed by atoms with Crippen LogP contribution in [-0.4, -0.2) is 47.6 Å². The maximum atomic E-state index is 5.80. The Morgan fingerprint density at radius 2 is 2.12 bits per heavy atom. The summed E-state index contributed by atoms with van der Waals surface area (Å²) in [4.78, 5) is 13.2. The lowest BCUT2D eigenvalue weighted by Gasteiger charge is -2.28. The fourth-order valence-corrected chi connectivity index (χ4v) is 4.11. The van der Waals surface area contributed by atoms with Crippen LogP contribution in [0.25, 0.3) is 22.8 Å². The molecule has 0 aromatic carbocycles. The molecule has 1 fully saturated rings. The number of aromatic amines is 1. The Morgan fingerprint density at radius 1 is 1.22 bits per heavy atom. The van der Waals surface area contributed by atoms with Gasteiger partial charge in [0.05, 0.1) is 48.0 Å². The van der Waals surface area contributed by atoms with Crippen molar-refractivity contribution in [2.24, 2.45) is 0 Å². The zero-order valence-corrected chi connectivity index (χ0v) is 17.9. The van der Waals surface area contributed by atoms with Crippen molar-refractivity contribution < 1.29 is 9.15 Å². The third-order valence-corrected chi connectivity index (χ3v) is 5.71. The van der Waals surface area contributed by atoms with Gasteiger partial charge in [-0.05, 0) is 32.6 Å². The van der Waals surface area contributed by atoms with Crippen LogP contribution in [0.2, 0.25) is 0 Å². The van der Waals surface area contributed by atoms with Gasteiger partial charge in [0.1, 0.15) is 17.7 Å². The van der Waals surface area contributed by atoms with E-state index in [1.54, 1.807) is 37.2 Å². The predicted octanol–water partition coefficient (Wildman–Crippen LogP) is 3.85. The Hall–Kier alpha value is -3.53. The van der Waals surface area contributed by atoms with Crippen LogP contribution in [0.15, 0.2) is 47.9 Å². The number of nitrogens with zero attached hydrogens (tertiary/aromatic N) is 6. The molecule has 4 aromatic heterocycles. The monoisotopic (exact) mass is 434 g/mol. The third kappa shape index (κ3) is 4.40. The molecule has 0 bridgehead atoms. The van der Waals surface area contributed by atoms with Gasteiger partial charge < -0.3 is 14.5 Å². The van der Waals surface area contributed by atoms with E-state index in [0.29, 0.717) is 24.6 Å². The molecule has 5 rings (SSSR count). The topological polar surface area (TPSA) is 120 Å². The summed E-state index contributed by atoms with van der Waals surface area (Å²) in [6, 6.07) is 0.345. The van der Waals surface area contributed by atoms with Crippen molar-refractivity contribution in [3.63, 3.8) is 0 Å². The lowest BCUT2D eigenvalue weighted by atomic mass is 9.93. The smallest absolute Gasteiger partial charge is 0.229 e. The Bertz CT molecular complexity index is 1110. The lowest BCUT2D eigenvalue weighted by molar-refractivity contribution is 0.0260. The Morgan fingerprint density at radius 3 is 2.88 bits per heavy atom.